The predicted molar refractivity (Wildman–Crippen MR) is 48.5 cm³/mol. The minimum absolute atomic E-state index is 0.324. The van der Waals surface area contributed by atoms with E-state index in [4.69, 9.17) is 4.43 Å². The highest BCUT2D eigenvalue weighted by Gasteiger charge is 2.35. The van der Waals surface area contributed by atoms with E-state index in [2.05, 4.69) is 40.8 Å². The van der Waals surface area contributed by atoms with Crippen LogP contribution >= 0.6 is 0 Å². The topological polar surface area (TPSA) is 9.23 Å². The third-order valence-electron chi connectivity index (χ3n) is 2.27. The van der Waals surface area contributed by atoms with Gasteiger partial charge in [-0.05, 0) is 18.1 Å². The first-order chi connectivity index (χ1) is 4.31. The molecule has 10 heavy (non-hydrogen) atoms. The first-order valence-corrected chi connectivity index (χ1v) is 6.65. The van der Waals surface area contributed by atoms with Gasteiger partial charge in [0.2, 0.25) is 0 Å². The number of hydrogen-bond donors (Lipinski definition) is 0. The zero-order chi connectivity index (χ0) is 8.41. The summed E-state index contributed by atoms with van der Waals surface area (Å²) in [5, 5.41) is 0.324. The van der Waals surface area contributed by atoms with Crippen LogP contribution in [0.1, 0.15) is 20.8 Å². The highest BCUT2D eigenvalue weighted by Crippen LogP contribution is 2.36. The minimum atomic E-state index is -1.47. The van der Waals surface area contributed by atoms with Crippen LogP contribution in [0.4, 0.5) is 0 Å². The molecule has 0 atom stereocenters. The maximum absolute atomic E-state index is 5.62. The van der Waals surface area contributed by atoms with E-state index >= 15 is 0 Å². The minimum Gasteiger partial charge on any atom is -0.448 e. The molecular formula is C8H19OSi-. The molecule has 1 nitrogen and oxygen atoms in total. The number of rotatable bonds is 2. The van der Waals surface area contributed by atoms with Crippen LogP contribution < -0.4 is 0 Å². The average Bonchev–Trinajstić information content (AvgIpc) is 1.61. The van der Waals surface area contributed by atoms with Gasteiger partial charge in [0.1, 0.15) is 0 Å². The zero-order valence-electron chi connectivity index (χ0n) is 7.82. The lowest BCUT2D eigenvalue weighted by molar-refractivity contribution is 0.326. The lowest BCUT2D eigenvalue weighted by Crippen LogP contribution is -2.40. The smallest absolute Gasteiger partial charge is 0.187 e. The van der Waals surface area contributed by atoms with Gasteiger partial charge in [0, 0.05) is 0 Å². The third kappa shape index (κ3) is 2.43. The van der Waals surface area contributed by atoms with E-state index in [9.17, 15) is 0 Å². The summed E-state index contributed by atoms with van der Waals surface area (Å²) in [7, 11) is -1.47. The SMILES string of the molecule is [CH2-]CO[Si](C)(C)C(C)(C)C. The second kappa shape index (κ2) is 3.05. The molecule has 0 heterocycles. The fraction of sp³-hybridized carbons (Fsp3) is 0.875. The molecular weight excluding hydrogens is 140 g/mol. The van der Waals surface area contributed by atoms with Crippen molar-refractivity contribution in [3.8, 4) is 0 Å². The van der Waals surface area contributed by atoms with E-state index in [-0.39, 0.29) is 0 Å². The molecule has 0 aliphatic heterocycles. The van der Waals surface area contributed by atoms with Gasteiger partial charge in [-0.25, -0.2) is 0 Å². The quantitative estimate of drug-likeness (QED) is 0.445. The maximum Gasteiger partial charge on any atom is 0.187 e. The predicted octanol–water partition coefficient (Wildman–Crippen LogP) is 2.84. The van der Waals surface area contributed by atoms with Gasteiger partial charge < -0.3 is 11.3 Å². The Bertz CT molecular complexity index is 102. The molecule has 2 heteroatoms. The van der Waals surface area contributed by atoms with Gasteiger partial charge in [-0.3, -0.25) is 0 Å². The lowest BCUT2D eigenvalue weighted by Gasteiger charge is -2.37. The van der Waals surface area contributed by atoms with Gasteiger partial charge in [0.15, 0.2) is 8.32 Å². The summed E-state index contributed by atoms with van der Waals surface area (Å²) in [5.74, 6) is 0. The molecule has 0 aliphatic rings. The Hall–Kier alpha value is 0.177. The molecule has 0 amide bonds. The van der Waals surface area contributed by atoms with Crippen LogP contribution in [-0.2, 0) is 4.43 Å². The van der Waals surface area contributed by atoms with Crippen LogP contribution in [0.3, 0.4) is 0 Å². The van der Waals surface area contributed by atoms with Crippen molar-refractivity contribution in [3.05, 3.63) is 6.92 Å². The lowest BCUT2D eigenvalue weighted by atomic mass is 10.2. The second-order valence-corrected chi connectivity index (χ2v) is 8.92. The summed E-state index contributed by atoms with van der Waals surface area (Å²) in [6, 6.07) is 0. The Kier molecular flexibility index (Phi) is 3.11. The highest BCUT2D eigenvalue weighted by atomic mass is 28.4. The van der Waals surface area contributed by atoms with Gasteiger partial charge >= 0.3 is 0 Å². The molecule has 0 spiro atoms. The molecule has 0 radical (unpaired) electrons. The van der Waals surface area contributed by atoms with Crippen molar-refractivity contribution in [2.45, 2.75) is 38.9 Å². The molecule has 0 saturated carbocycles. The summed E-state index contributed by atoms with van der Waals surface area (Å²) in [5.41, 5.74) is 0. The van der Waals surface area contributed by atoms with Crippen molar-refractivity contribution in [3.63, 3.8) is 0 Å². The Balaban J connectivity index is 4.10. The largest absolute Gasteiger partial charge is 0.448 e. The van der Waals surface area contributed by atoms with Gasteiger partial charge in [-0.2, -0.15) is 0 Å². The van der Waals surface area contributed by atoms with Gasteiger partial charge in [0.05, 0.1) is 0 Å². The van der Waals surface area contributed by atoms with Gasteiger partial charge in [0.25, 0.3) is 0 Å². The Morgan fingerprint density at radius 3 is 1.80 bits per heavy atom. The second-order valence-electron chi connectivity index (χ2n) is 4.11. The van der Waals surface area contributed by atoms with E-state index in [0.29, 0.717) is 11.6 Å². The monoisotopic (exact) mass is 159 g/mol. The summed E-state index contributed by atoms with van der Waals surface area (Å²) >= 11 is 0. The van der Waals surface area contributed by atoms with E-state index in [0.717, 1.165) is 0 Å². The molecule has 0 aliphatic carbocycles. The number of hydrogen-bond acceptors (Lipinski definition) is 1. The maximum atomic E-state index is 5.62. The highest BCUT2D eigenvalue weighted by molar-refractivity contribution is 6.74. The van der Waals surface area contributed by atoms with E-state index < -0.39 is 8.32 Å². The summed E-state index contributed by atoms with van der Waals surface area (Å²) < 4.78 is 5.62. The first kappa shape index (κ1) is 10.2. The van der Waals surface area contributed by atoms with Crippen LogP contribution in [0.5, 0.6) is 0 Å². The molecule has 0 N–H and O–H groups in total. The van der Waals surface area contributed by atoms with Crippen molar-refractivity contribution in [1.29, 1.82) is 0 Å². The van der Waals surface area contributed by atoms with E-state index in [1.54, 1.807) is 0 Å². The van der Waals surface area contributed by atoms with Crippen molar-refractivity contribution in [2.75, 3.05) is 6.61 Å². The Labute approximate surface area is 65.9 Å². The fourth-order valence-corrected chi connectivity index (χ4v) is 1.41. The molecule has 0 bridgehead atoms. The van der Waals surface area contributed by atoms with Crippen molar-refractivity contribution >= 4 is 8.32 Å². The molecule has 0 rings (SSSR count). The van der Waals surface area contributed by atoms with Crippen LogP contribution in [0, 0.1) is 6.92 Å². The molecule has 0 unspecified atom stereocenters. The van der Waals surface area contributed by atoms with Gasteiger partial charge in [-0.1, -0.05) is 27.4 Å². The molecule has 0 aromatic rings. The van der Waals surface area contributed by atoms with Crippen molar-refractivity contribution in [1.82, 2.24) is 0 Å². The van der Waals surface area contributed by atoms with Crippen LogP contribution in [0.2, 0.25) is 18.1 Å². The molecule has 0 aromatic carbocycles. The van der Waals surface area contributed by atoms with Crippen molar-refractivity contribution < 1.29 is 4.43 Å². The summed E-state index contributed by atoms with van der Waals surface area (Å²) in [6.45, 7) is 15.5. The third-order valence-corrected chi connectivity index (χ3v) is 6.81. The molecule has 0 saturated heterocycles. The Morgan fingerprint density at radius 1 is 1.30 bits per heavy atom. The zero-order valence-corrected chi connectivity index (χ0v) is 8.82. The molecule has 0 fully saturated rings. The summed E-state index contributed by atoms with van der Waals surface area (Å²) in [6.07, 6.45) is 0. The van der Waals surface area contributed by atoms with Crippen LogP contribution in [0.15, 0.2) is 0 Å². The fourth-order valence-electron chi connectivity index (χ4n) is 0.472. The van der Waals surface area contributed by atoms with Gasteiger partial charge in [-0.15, -0.1) is 0 Å². The van der Waals surface area contributed by atoms with Crippen LogP contribution in [0.25, 0.3) is 0 Å². The van der Waals surface area contributed by atoms with E-state index in [1.165, 1.54) is 0 Å². The summed E-state index contributed by atoms with van der Waals surface area (Å²) in [4.78, 5) is 0. The normalized spacial score (nSPS) is 13.8. The van der Waals surface area contributed by atoms with Crippen LogP contribution in [-0.4, -0.2) is 14.9 Å². The molecule has 62 valence electrons. The van der Waals surface area contributed by atoms with E-state index in [1.807, 2.05) is 0 Å². The average molecular weight is 159 g/mol. The Morgan fingerprint density at radius 2 is 1.70 bits per heavy atom. The molecule has 0 aromatic heterocycles. The standard InChI is InChI=1S/C8H19OSi/c1-7-9-10(5,6)8(2,3)4/h1,7H2,2-6H3/q-1. The van der Waals surface area contributed by atoms with Crippen molar-refractivity contribution in [2.24, 2.45) is 0 Å². The first-order valence-electron chi connectivity index (χ1n) is 3.74.